The Kier molecular flexibility index (Phi) is 4.45. The van der Waals surface area contributed by atoms with Crippen molar-refractivity contribution >= 4 is 11.4 Å². The van der Waals surface area contributed by atoms with Crippen LogP contribution in [-0.2, 0) is 0 Å². The van der Waals surface area contributed by atoms with E-state index in [9.17, 15) is 4.79 Å². The van der Waals surface area contributed by atoms with Gasteiger partial charge in [0.15, 0.2) is 5.82 Å². The molecule has 1 aromatic heterocycles. The molecule has 2 aromatic rings. The van der Waals surface area contributed by atoms with Crippen molar-refractivity contribution in [2.45, 2.75) is 6.92 Å². The van der Waals surface area contributed by atoms with Crippen molar-refractivity contribution in [2.24, 2.45) is 0 Å². The van der Waals surface area contributed by atoms with E-state index in [1.165, 1.54) is 0 Å². The maximum Gasteiger partial charge on any atom is 0.228 e. The first-order chi connectivity index (χ1) is 9.76. The molecule has 0 fully saturated rings. The van der Waals surface area contributed by atoms with Crippen LogP contribution in [0.4, 0.5) is 0 Å². The number of aromatic nitrogens is 2. The molecule has 0 radical (unpaired) electrons. The minimum Gasteiger partial charge on any atom is -0.335 e. The predicted octanol–water partition coefficient (Wildman–Crippen LogP) is 3.79. The number of carbonyl (C=O) groups is 1. The van der Waals surface area contributed by atoms with E-state index < -0.39 is 0 Å². The van der Waals surface area contributed by atoms with Gasteiger partial charge in [-0.25, -0.2) is 4.98 Å². The summed E-state index contributed by atoms with van der Waals surface area (Å²) in [7, 11) is 0. The first-order valence-electron chi connectivity index (χ1n) is 6.36. The minimum atomic E-state index is -0.111. The Morgan fingerprint density at radius 2 is 2.05 bits per heavy atom. The second-order valence-corrected chi connectivity index (χ2v) is 4.18. The van der Waals surface area contributed by atoms with Crippen molar-refractivity contribution in [1.29, 1.82) is 0 Å². The van der Waals surface area contributed by atoms with Gasteiger partial charge in [0.1, 0.15) is 0 Å². The molecule has 0 saturated heterocycles. The van der Waals surface area contributed by atoms with Crippen LogP contribution in [0.5, 0.6) is 0 Å². The van der Waals surface area contributed by atoms with Gasteiger partial charge < -0.3 is 4.98 Å². The lowest BCUT2D eigenvalue weighted by atomic mass is 10.1. The second kappa shape index (κ2) is 6.48. The maximum atomic E-state index is 12.2. The van der Waals surface area contributed by atoms with Gasteiger partial charge in [0.2, 0.25) is 5.78 Å². The highest BCUT2D eigenvalue weighted by Crippen LogP contribution is 2.15. The summed E-state index contributed by atoms with van der Waals surface area (Å²) < 4.78 is 0. The molecule has 20 heavy (non-hydrogen) atoms. The molecule has 3 nitrogen and oxygen atoms in total. The summed E-state index contributed by atoms with van der Waals surface area (Å²) in [5, 5.41) is 0. The number of aromatic amines is 1. The Bertz CT molecular complexity index is 663. The number of benzene rings is 1. The summed E-state index contributed by atoms with van der Waals surface area (Å²) in [6, 6.07) is 9.10. The highest BCUT2D eigenvalue weighted by molar-refractivity contribution is 6.06. The van der Waals surface area contributed by atoms with Crippen molar-refractivity contribution < 1.29 is 4.79 Å². The smallest absolute Gasteiger partial charge is 0.228 e. The zero-order valence-electron chi connectivity index (χ0n) is 11.3. The molecule has 0 aliphatic heterocycles. The SMILES string of the molecule is C=C/C=C\C(=C/C)c1cnc(C(=O)c2ccccc2)[nH]1. The first-order valence-corrected chi connectivity index (χ1v) is 6.36. The van der Waals surface area contributed by atoms with Gasteiger partial charge in [0.25, 0.3) is 0 Å². The summed E-state index contributed by atoms with van der Waals surface area (Å²) >= 11 is 0. The Morgan fingerprint density at radius 3 is 2.70 bits per heavy atom. The molecule has 0 unspecified atom stereocenters. The molecular formula is C17H16N2O. The second-order valence-electron chi connectivity index (χ2n) is 4.18. The molecule has 0 aliphatic carbocycles. The molecule has 1 aromatic carbocycles. The van der Waals surface area contributed by atoms with E-state index in [0.717, 1.165) is 11.3 Å². The standard InChI is InChI=1S/C17H16N2O/c1-3-5-9-13(4-2)15-12-18-17(19-15)16(20)14-10-7-6-8-11-14/h3-12H,1H2,2H3,(H,18,19)/b9-5-,13-4+. The quantitative estimate of drug-likeness (QED) is 0.659. The third kappa shape index (κ3) is 3.01. The van der Waals surface area contributed by atoms with Crippen molar-refractivity contribution in [3.8, 4) is 0 Å². The lowest BCUT2D eigenvalue weighted by molar-refractivity contribution is 0.103. The fraction of sp³-hybridized carbons (Fsp3) is 0.0588. The molecule has 0 amide bonds. The van der Waals surface area contributed by atoms with E-state index >= 15 is 0 Å². The fourth-order valence-electron chi connectivity index (χ4n) is 1.82. The summed E-state index contributed by atoms with van der Waals surface area (Å²) in [6.07, 6.45) is 9.07. The summed E-state index contributed by atoms with van der Waals surface area (Å²) in [5.41, 5.74) is 2.39. The predicted molar refractivity (Wildman–Crippen MR) is 81.5 cm³/mol. The Labute approximate surface area is 118 Å². The van der Waals surface area contributed by atoms with Gasteiger partial charge >= 0.3 is 0 Å². The molecule has 0 saturated carbocycles. The van der Waals surface area contributed by atoms with Gasteiger partial charge in [0, 0.05) is 5.56 Å². The van der Waals surface area contributed by atoms with Crippen molar-refractivity contribution in [3.05, 3.63) is 84.5 Å². The van der Waals surface area contributed by atoms with Crippen LogP contribution in [0.15, 0.2) is 67.4 Å². The Balaban J connectivity index is 2.27. The first kappa shape index (κ1) is 13.7. The van der Waals surface area contributed by atoms with Crippen LogP contribution >= 0.6 is 0 Å². The highest BCUT2D eigenvalue weighted by Gasteiger charge is 2.13. The molecule has 0 spiro atoms. The third-order valence-corrected chi connectivity index (χ3v) is 2.86. The summed E-state index contributed by atoms with van der Waals surface area (Å²) in [6.45, 7) is 5.57. The molecule has 100 valence electrons. The average Bonchev–Trinajstić information content (AvgIpc) is 2.98. The zero-order valence-corrected chi connectivity index (χ0v) is 11.3. The van der Waals surface area contributed by atoms with Crippen LogP contribution in [0.1, 0.15) is 28.8 Å². The molecule has 3 heteroatoms. The van der Waals surface area contributed by atoms with E-state index in [0.29, 0.717) is 11.4 Å². The number of nitrogens with one attached hydrogen (secondary N) is 1. The molecule has 0 atom stereocenters. The summed E-state index contributed by atoms with van der Waals surface area (Å²) in [4.78, 5) is 19.5. The Hall–Kier alpha value is -2.68. The summed E-state index contributed by atoms with van der Waals surface area (Å²) in [5.74, 6) is 0.234. The van der Waals surface area contributed by atoms with Crippen LogP contribution in [0.3, 0.4) is 0 Å². The molecule has 1 N–H and O–H groups in total. The molecule has 2 rings (SSSR count). The van der Waals surface area contributed by atoms with E-state index in [1.807, 2.05) is 43.4 Å². The lowest BCUT2D eigenvalue weighted by Crippen LogP contribution is -2.03. The molecule has 0 bridgehead atoms. The van der Waals surface area contributed by atoms with E-state index in [4.69, 9.17) is 0 Å². The number of H-pyrrole nitrogens is 1. The normalized spacial score (nSPS) is 11.8. The van der Waals surface area contributed by atoms with Crippen molar-refractivity contribution in [1.82, 2.24) is 9.97 Å². The van der Waals surface area contributed by atoms with Crippen LogP contribution in [0, 0.1) is 0 Å². The third-order valence-electron chi connectivity index (χ3n) is 2.86. The van der Waals surface area contributed by atoms with Gasteiger partial charge in [-0.1, -0.05) is 61.2 Å². The lowest BCUT2D eigenvalue weighted by Gasteiger charge is -1.98. The number of allylic oxidation sites excluding steroid dienone is 5. The van der Waals surface area contributed by atoms with Crippen LogP contribution < -0.4 is 0 Å². The zero-order chi connectivity index (χ0) is 14.4. The number of carbonyl (C=O) groups excluding carboxylic acids is 1. The topological polar surface area (TPSA) is 45.8 Å². The fourth-order valence-corrected chi connectivity index (χ4v) is 1.82. The van der Waals surface area contributed by atoms with Crippen LogP contribution in [0.25, 0.3) is 5.57 Å². The number of nitrogens with zero attached hydrogens (tertiary/aromatic N) is 1. The van der Waals surface area contributed by atoms with E-state index in [-0.39, 0.29) is 5.78 Å². The van der Waals surface area contributed by atoms with Gasteiger partial charge in [-0.15, -0.1) is 0 Å². The largest absolute Gasteiger partial charge is 0.335 e. The van der Waals surface area contributed by atoms with Gasteiger partial charge in [0.05, 0.1) is 11.9 Å². The van der Waals surface area contributed by atoms with Crippen molar-refractivity contribution in [3.63, 3.8) is 0 Å². The monoisotopic (exact) mass is 264 g/mol. The number of hydrogen-bond acceptors (Lipinski definition) is 2. The highest BCUT2D eigenvalue weighted by atomic mass is 16.1. The van der Waals surface area contributed by atoms with Gasteiger partial charge in [-0.2, -0.15) is 0 Å². The number of hydrogen-bond donors (Lipinski definition) is 1. The Morgan fingerprint density at radius 1 is 1.30 bits per heavy atom. The molecule has 0 aliphatic rings. The van der Waals surface area contributed by atoms with Crippen LogP contribution in [-0.4, -0.2) is 15.8 Å². The van der Waals surface area contributed by atoms with Crippen molar-refractivity contribution in [2.75, 3.05) is 0 Å². The average molecular weight is 264 g/mol. The number of rotatable bonds is 5. The molecule has 1 heterocycles. The number of ketones is 1. The maximum absolute atomic E-state index is 12.2. The minimum absolute atomic E-state index is 0.111. The van der Waals surface area contributed by atoms with Crippen LogP contribution in [0.2, 0.25) is 0 Å². The number of imidazole rings is 1. The molecular weight excluding hydrogens is 248 g/mol. The van der Waals surface area contributed by atoms with Gasteiger partial charge in [-0.05, 0) is 12.5 Å². The van der Waals surface area contributed by atoms with E-state index in [1.54, 1.807) is 24.4 Å². The van der Waals surface area contributed by atoms with E-state index in [2.05, 4.69) is 16.5 Å². The van der Waals surface area contributed by atoms with Gasteiger partial charge in [-0.3, -0.25) is 4.79 Å².